The van der Waals surface area contributed by atoms with Crippen LogP contribution in [0.25, 0.3) is 0 Å². The lowest BCUT2D eigenvalue weighted by molar-refractivity contribution is 0.286. The van der Waals surface area contributed by atoms with Crippen LogP contribution in [-0.4, -0.2) is 23.2 Å². The topological polar surface area (TPSA) is 45.1 Å². The number of aliphatic hydroxyl groups excluding tert-OH is 1. The van der Waals surface area contributed by atoms with Crippen molar-refractivity contribution in [2.75, 3.05) is 13.2 Å². The van der Waals surface area contributed by atoms with Gasteiger partial charge in [0, 0.05) is 24.4 Å². The van der Waals surface area contributed by atoms with E-state index >= 15 is 0 Å². The van der Waals surface area contributed by atoms with Crippen LogP contribution in [0.5, 0.6) is 0 Å². The molecule has 0 amide bonds. The molecule has 0 saturated carbocycles. The summed E-state index contributed by atoms with van der Waals surface area (Å²) in [6.45, 7) is 1.71. The first-order chi connectivity index (χ1) is 6.33. The van der Waals surface area contributed by atoms with Crippen molar-refractivity contribution in [2.24, 2.45) is 0 Å². The summed E-state index contributed by atoms with van der Waals surface area (Å²) in [5.41, 5.74) is 0.922. The molecule has 3 nitrogen and oxygen atoms in total. The molecular weight excluding hydrogens is 188 g/mol. The highest BCUT2D eigenvalue weighted by molar-refractivity contribution is 6.30. The van der Waals surface area contributed by atoms with Crippen molar-refractivity contribution in [1.82, 2.24) is 10.3 Å². The van der Waals surface area contributed by atoms with E-state index in [0.29, 0.717) is 11.6 Å². The van der Waals surface area contributed by atoms with Gasteiger partial charge in [-0.1, -0.05) is 11.6 Å². The first kappa shape index (κ1) is 10.4. The van der Waals surface area contributed by atoms with Gasteiger partial charge in [-0.05, 0) is 25.1 Å². The number of aliphatic hydroxyl groups is 1. The quantitative estimate of drug-likeness (QED) is 0.703. The number of pyridine rings is 1. The molecule has 4 heteroatoms. The monoisotopic (exact) mass is 200 g/mol. The smallest absolute Gasteiger partial charge is 0.0556 e. The number of rotatable bonds is 5. The van der Waals surface area contributed by atoms with Crippen LogP contribution in [0.3, 0.4) is 0 Å². The maximum Gasteiger partial charge on any atom is 0.0556 e. The molecule has 0 atom stereocenters. The van der Waals surface area contributed by atoms with E-state index in [1.807, 2.05) is 6.07 Å². The lowest BCUT2D eigenvalue weighted by Crippen LogP contribution is -2.16. The fraction of sp³-hybridized carbons (Fsp3) is 0.444. The molecule has 1 rings (SSSR count). The Hall–Kier alpha value is -0.640. The van der Waals surface area contributed by atoms with Crippen molar-refractivity contribution in [3.63, 3.8) is 0 Å². The number of aromatic nitrogens is 1. The van der Waals surface area contributed by atoms with E-state index in [4.69, 9.17) is 16.7 Å². The molecule has 2 N–H and O–H groups in total. The Morgan fingerprint density at radius 2 is 2.38 bits per heavy atom. The van der Waals surface area contributed by atoms with Crippen molar-refractivity contribution in [3.8, 4) is 0 Å². The Balaban J connectivity index is 2.28. The second-order valence-corrected chi connectivity index (χ2v) is 3.16. The van der Waals surface area contributed by atoms with Gasteiger partial charge in [0.25, 0.3) is 0 Å². The fourth-order valence-electron chi connectivity index (χ4n) is 0.966. The Labute approximate surface area is 82.8 Å². The number of nitrogens with one attached hydrogen (secondary N) is 1. The van der Waals surface area contributed by atoms with Gasteiger partial charge < -0.3 is 10.4 Å². The minimum atomic E-state index is 0.218. The van der Waals surface area contributed by atoms with Gasteiger partial charge >= 0.3 is 0 Å². The summed E-state index contributed by atoms with van der Waals surface area (Å²) in [6, 6.07) is 3.58. The van der Waals surface area contributed by atoms with Gasteiger partial charge in [0.05, 0.1) is 5.69 Å². The Morgan fingerprint density at radius 1 is 1.54 bits per heavy atom. The van der Waals surface area contributed by atoms with Gasteiger partial charge in [0.15, 0.2) is 0 Å². The van der Waals surface area contributed by atoms with Crippen molar-refractivity contribution < 1.29 is 5.11 Å². The number of nitrogens with zero attached hydrogens (tertiary/aromatic N) is 1. The molecule has 72 valence electrons. The Morgan fingerprint density at radius 3 is 3.08 bits per heavy atom. The molecule has 1 aromatic heterocycles. The average molecular weight is 201 g/mol. The van der Waals surface area contributed by atoms with Crippen molar-refractivity contribution in [1.29, 1.82) is 0 Å². The summed E-state index contributed by atoms with van der Waals surface area (Å²) < 4.78 is 0. The molecule has 0 fully saturated rings. The van der Waals surface area contributed by atoms with Crippen molar-refractivity contribution in [2.45, 2.75) is 13.0 Å². The maximum absolute atomic E-state index is 8.53. The van der Waals surface area contributed by atoms with E-state index in [1.54, 1.807) is 12.3 Å². The minimum Gasteiger partial charge on any atom is -0.396 e. The normalized spacial score (nSPS) is 10.3. The number of hydrogen-bond acceptors (Lipinski definition) is 3. The van der Waals surface area contributed by atoms with Crippen LogP contribution in [0.2, 0.25) is 5.02 Å². The third kappa shape index (κ3) is 4.22. The van der Waals surface area contributed by atoms with E-state index in [0.717, 1.165) is 18.7 Å². The van der Waals surface area contributed by atoms with Crippen molar-refractivity contribution >= 4 is 11.6 Å². The molecule has 0 aliphatic heterocycles. The van der Waals surface area contributed by atoms with E-state index in [1.165, 1.54) is 0 Å². The van der Waals surface area contributed by atoms with Crippen LogP contribution >= 0.6 is 11.6 Å². The summed E-state index contributed by atoms with van der Waals surface area (Å²) in [4.78, 5) is 4.13. The molecule has 0 radical (unpaired) electrons. The first-order valence-corrected chi connectivity index (χ1v) is 4.62. The average Bonchev–Trinajstić information content (AvgIpc) is 2.13. The molecule has 1 aromatic rings. The van der Waals surface area contributed by atoms with E-state index in [2.05, 4.69) is 10.3 Å². The molecule has 0 aromatic carbocycles. The molecule has 0 spiro atoms. The summed E-state index contributed by atoms with van der Waals surface area (Å²) in [5.74, 6) is 0. The second-order valence-electron chi connectivity index (χ2n) is 2.72. The molecule has 0 unspecified atom stereocenters. The zero-order valence-electron chi connectivity index (χ0n) is 7.33. The molecule has 0 bridgehead atoms. The summed E-state index contributed by atoms with van der Waals surface area (Å²) in [5, 5.41) is 12.4. The van der Waals surface area contributed by atoms with Gasteiger partial charge in [0.1, 0.15) is 0 Å². The number of hydrogen-bond donors (Lipinski definition) is 2. The van der Waals surface area contributed by atoms with Gasteiger partial charge in [-0.25, -0.2) is 0 Å². The van der Waals surface area contributed by atoms with Crippen LogP contribution < -0.4 is 5.32 Å². The zero-order chi connectivity index (χ0) is 9.52. The standard InChI is InChI=1S/C9H13ClN2O/c10-8-2-4-12-9(6-8)7-11-3-1-5-13/h2,4,6,11,13H,1,3,5,7H2. The zero-order valence-corrected chi connectivity index (χ0v) is 8.09. The first-order valence-electron chi connectivity index (χ1n) is 4.25. The summed E-state index contributed by atoms with van der Waals surface area (Å²) in [7, 11) is 0. The highest BCUT2D eigenvalue weighted by atomic mass is 35.5. The van der Waals surface area contributed by atoms with Crippen LogP contribution in [0.4, 0.5) is 0 Å². The molecule has 1 heterocycles. The summed E-state index contributed by atoms with van der Waals surface area (Å²) in [6.07, 6.45) is 2.45. The molecule has 13 heavy (non-hydrogen) atoms. The highest BCUT2D eigenvalue weighted by Gasteiger charge is 1.94. The van der Waals surface area contributed by atoms with Crippen LogP contribution in [0.1, 0.15) is 12.1 Å². The third-order valence-corrected chi connectivity index (χ3v) is 1.83. The second kappa shape index (κ2) is 5.91. The van der Waals surface area contributed by atoms with E-state index in [9.17, 15) is 0 Å². The lowest BCUT2D eigenvalue weighted by Gasteiger charge is -2.02. The minimum absolute atomic E-state index is 0.218. The van der Waals surface area contributed by atoms with Gasteiger partial charge in [0.2, 0.25) is 0 Å². The SMILES string of the molecule is OCCCNCc1cc(Cl)ccn1. The molecule has 0 aliphatic carbocycles. The van der Waals surface area contributed by atoms with E-state index in [-0.39, 0.29) is 6.61 Å². The number of halogens is 1. The van der Waals surface area contributed by atoms with Gasteiger partial charge in [-0.15, -0.1) is 0 Å². The Kier molecular flexibility index (Phi) is 4.75. The Bertz CT molecular complexity index is 255. The molecule has 0 saturated heterocycles. The largest absolute Gasteiger partial charge is 0.396 e. The lowest BCUT2D eigenvalue weighted by atomic mass is 10.3. The van der Waals surface area contributed by atoms with Crippen molar-refractivity contribution in [3.05, 3.63) is 29.0 Å². The van der Waals surface area contributed by atoms with E-state index < -0.39 is 0 Å². The van der Waals surface area contributed by atoms with Crippen LogP contribution in [0.15, 0.2) is 18.3 Å². The molecule has 0 aliphatic rings. The third-order valence-electron chi connectivity index (χ3n) is 1.60. The fourth-order valence-corrected chi connectivity index (χ4v) is 1.15. The molecular formula is C9H13ClN2O. The predicted octanol–water partition coefficient (Wildman–Crippen LogP) is 1.21. The maximum atomic E-state index is 8.53. The highest BCUT2D eigenvalue weighted by Crippen LogP contribution is 2.07. The van der Waals surface area contributed by atoms with Crippen LogP contribution in [0, 0.1) is 0 Å². The van der Waals surface area contributed by atoms with Crippen LogP contribution in [-0.2, 0) is 6.54 Å². The van der Waals surface area contributed by atoms with Gasteiger partial charge in [-0.3, -0.25) is 4.98 Å². The van der Waals surface area contributed by atoms with Gasteiger partial charge in [-0.2, -0.15) is 0 Å². The predicted molar refractivity (Wildman–Crippen MR) is 52.7 cm³/mol. The summed E-state index contributed by atoms with van der Waals surface area (Å²) >= 11 is 5.78.